The highest BCUT2D eigenvalue weighted by Crippen LogP contribution is 2.09. The largest absolute Gasteiger partial charge is 0.385 e. The fourth-order valence-corrected chi connectivity index (χ4v) is 1.44. The van der Waals surface area contributed by atoms with Crippen molar-refractivity contribution in [1.29, 1.82) is 0 Å². The van der Waals surface area contributed by atoms with Gasteiger partial charge in [-0.3, -0.25) is 0 Å². The van der Waals surface area contributed by atoms with Crippen molar-refractivity contribution >= 4 is 15.9 Å². The molecule has 1 aromatic carbocycles. The highest BCUT2D eigenvalue weighted by atomic mass is 79.9. The maximum absolute atomic E-state index is 4.96. The summed E-state index contributed by atoms with van der Waals surface area (Å²) in [5, 5.41) is 3.36. The zero-order chi connectivity index (χ0) is 10.2. The molecule has 0 aliphatic heterocycles. The second-order valence-electron chi connectivity index (χ2n) is 3.15. The number of hydrogen-bond acceptors (Lipinski definition) is 2. The molecule has 0 radical (unpaired) electrons. The first-order chi connectivity index (χ1) is 6.83. The van der Waals surface area contributed by atoms with Crippen molar-refractivity contribution in [2.24, 2.45) is 0 Å². The van der Waals surface area contributed by atoms with Gasteiger partial charge in [0, 0.05) is 24.7 Å². The van der Waals surface area contributed by atoms with Crippen LogP contribution in [0.4, 0.5) is 0 Å². The van der Waals surface area contributed by atoms with Crippen LogP contribution in [-0.4, -0.2) is 20.3 Å². The highest BCUT2D eigenvalue weighted by molar-refractivity contribution is 9.10. The van der Waals surface area contributed by atoms with Crippen LogP contribution in [0, 0.1) is 0 Å². The van der Waals surface area contributed by atoms with E-state index in [9.17, 15) is 0 Å². The SMILES string of the molecule is COCCCNCc1ccc(Br)cc1. The number of benzene rings is 1. The molecule has 78 valence electrons. The number of halogens is 1. The van der Waals surface area contributed by atoms with E-state index in [0.717, 1.165) is 30.6 Å². The summed E-state index contributed by atoms with van der Waals surface area (Å²) in [6.07, 6.45) is 1.06. The third kappa shape index (κ3) is 4.74. The van der Waals surface area contributed by atoms with E-state index < -0.39 is 0 Å². The predicted octanol–water partition coefficient (Wildman–Crippen LogP) is 2.58. The van der Waals surface area contributed by atoms with E-state index in [1.807, 2.05) is 0 Å². The predicted molar refractivity (Wildman–Crippen MR) is 62.3 cm³/mol. The zero-order valence-electron chi connectivity index (χ0n) is 8.42. The van der Waals surface area contributed by atoms with Crippen LogP contribution in [0.1, 0.15) is 12.0 Å². The van der Waals surface area contributed by atoms with Crippen LogP contribution < -0.4 is 5.32 Å². The average molecular weight is 258 g/mol. The molecular weight excluding hydrogens is 242 g/mol. The Hall–Kier alpha value is -0.380. The minimum absolute atomic E-state index is 0.827. The maximum Gasteiger partial charge on any atom is 0.0474 e. The van der Waals surface area contributed by atoms with E-state index >= 15 is 0 Å². The van der Waals surface area contributed by atoms with E-state index in [0.29, 0.717) is 0 Å². The topological polar surface area (TPSA) is 21.3 Å². The number of methoxy groups -OCH3 is 1. The summed E-state index contributed by atoms with van der Waals surface area (Å²) in [6, 6.07) is 8.36. The first-order valence-corrected chi connectivity index (χ1v) is 5.56. The van der Waals surface area contributed by atoms with E-state index in [1.165, 1.54) is 5.56 Å². The molecule has 0 amide bonds. The normalized spacial score (nSPS) is 10.4. The molecule has 0 heterocycles. The van der Waals surface area contributed by atoms with Crippen LogP contribution in [0.5, 0.6) is 0 Å². The molecule has 0 saturated carbocycles. The van der Waals surface area contributed by atoms with Gasteiger partial charge >= 0.3 is 0 Å². The molecule has 0 bridgehead atoms. The smallest absolute Gasteiger partial charge is 0.0474 e. The minimum Gasteiger partial charge on any atom is -0.385 e. The molecule has 0 aliphatic rings. The van der Waals surface area contributed by atoms with Gasteiger partial charge in [0.05, 0.1) is 0 Å². The minimum atomic E-state index is 0.827. The van der Waals surface area contributed by atoms with Crippen LogP contribution >= 0.6 is 15.9 Å². The summed E-state index contributed by atoms with van der Waals surface area (Å²) in [6.45, 7) is 2.76. The molecule has 0 saturated heterocycles. The summed E-state index contributed by atoms with van der Waals surface area (Å²) in [4.78, 5) is 0. The third-order valence-corrected chi connectivity index (χ3v) is 2.47. The monoisotopic (exact) mass is 257 g/mol. The van der Waals surface area contributed by atoms with Gasteiger partial charge in [0.15, 0.2) is 0 Å². The molecule has 2 nitrogen and oxygen atoms in total. The second kappa shape index (κ2) is 6.98. The van der Waals surface area contributed by atoms with Crippen LogP contribution in [0.15, 0.2) is 28.7 Å². The van der Waals surface area contributed by atoms with Crippen molar-refractivity contribution in [2.45, 2.75) is 13.0 Å². The van der Waals surface area contributed by atoms with Gasteiger partial charge in [-0.05, 0) is 30.7 Å². The summed E-state index contributed by atoms with van der Waals surface area (Å²) >= 11 is 3.41. The van der Waals surface area contributed by atoms with Crippen molar-refractivity contribution in [3.63, 3.8) is 0 Å². The van der Waals surface area contributed by atoms with Gasteiger partial charge in [-0.2, -0.15) is 0 Å². The van der Waals surface area contributed by atoms with Crippen molar-refractivity contribution in [1.82, 2.24) is 5.32 Å². The van der Waals surface area contributed by atoms with Gasteiger partial charge in [-0.1, -0.05) is 28.1 Å². The Bertz CT molecular complexity index is 248. The molecule has 0 aromatic heterocycles. The van der Waals surface area contributed by atoms with E-state index in [4.69, 9.17) is 4.74 Å². The summed E-state index contributed by atoms with van der Waals surface area (Å²) in [5.41, 5.74) is 1.31. The number of nitrogens with one attached hydrogen (secondary N) is 1. The lowest BCUT2D eigenvalue weighted by molar-refractivity contribution is 0.194. The molecule has 0 spiro atoms. The molecule has 0 atom stereocenters. The Morgan fingerprint density at radius 1 is 1.29 bits per heavy atom. The first-order valence-electron chi connectivity index (χ1n) is 4.77. The standard InChI is InChI=1S/C11H16BrNO/c1-14-8-2-7-13-9-10-3-5-11(12)6-4-10/h3-6,13H,2,7-9H2,1H3. The fraction of sp³-hybridized carbons (Fsp3) is 0.455. The van der Waals surface area contributed by atoms with Crippen molar-refractivity contribution < 1.29 is 4.74 Å². The lowest BCUT2D eigenvalue weighted by atomic mass is 10.2. The molecule has 0 fully saturated rings. The molecule has 0 unspecified atom stereocenters. The Morgan fingerprint density at radius 3 is 2.64 bits per heavy atom. The summed E-state index contributed by atoms with van der Waals surface area (Å²) < 4.78 is 6.09. The molecule has 14 heavy (non-hydrogen) atoms. The molecule has 3 heteroatoms. The number of hydrogen-bond donors (Lipinski definition) is 1. The highest BCUT2D eigenvalue weighted by Gasteiger charge is 1.92. The lowest BCUT2D eigenvalue weighted by Crippen LogP contribution is -2.15. The first kappa shape index (κ1) is 11.7. The van der Waals surface area contributed by atoms with Crippen LogP contribution in [0.2, 0.25) is 0 Å². The van der Waals surface area contributed by atoms with Gasteiger partial charge in [0.1, 0.15) is 0 Å². The average Bonchev–Trinajstić information content (AvgIpc) is 2.21. The Labute approximate surface area is 93.8 Å². The fourth-order valence-electron chi connectivity index (χ4n) is 1.18. The molecule has 1 N–H and O–H groups in total. The van der Waals surface area contributed by atoms with E-state index in [2.05, 4.69) is 45.5 Å². The Kier molecular flexibility index (Phi) is 5.83. The van der Waals surface area contributed by atoms with Crippen molar-refractivity contribution in [3.8, 4) is 0 Å². The number of rotatable bonds is 6. The van der Waals surface area contributed by atoms with Crippen molar-refractivity contribution in [3.05, 3.63) is 34.3 Å². The number of ether oxygens (including phenoxy) is 1. The van der Waals surface area contributed by atoms with Gasteiger partial charge in [0.2, 0.25) is 0 Å². The molecule has 0 aliphatic carbocycles. The lowest BCUT2D eigenvalue weighted by Gasteiger charge is -2.04. The molecule has 1 aromatic rings. The van der Waals surface area contributed by atoms with E-state index in [1.54, 1.807) is 7.11 Å². The van der Waals surface area contributed by atoms with Gasteiger partial charge in [-0.25, -0.2) is 0 Å². The summed E-state index contributed by atoms with van der Waals surface area (Å²) in [5.74, 6) is 0. The maximum atomic E-state index is 4.96. The van der Waals surface area contributed by atoms with Gasteiger partial charge in [-0.15, -0.1) is 0 Å². The van der Waals surface area contributed by atoms with Crippen LogP contribution in [0.25, 0.3) is 0 Å². The van der Waals surface area contributed by atoms with Gasteiger partial charge < -0.3 is 10.1 Å². The van der Waals surface area contributed by atoms with E-state index in [-0.39, 0.29) is 0 Å². The molecular formula is C11H16BrNO. The van der Waals surface area contributed by atoms with Crippen molar-refractivity contribution in [2.75, 3.05) is 20.3 Å². The second-order valence-corrected chi connectivity index (χ2v) is 4.07. The Balaban J connectivity index is 2.15. The van der Waals surface area contributed by atoms with Gasteiger partial charge in [0.25, 0.3) is 0 Å². The summed E-state index contributed by atoms with van der Waals surface area (Å²) in [7, 11) is 1.73. The molecule has 1 rings (SSSR count). The zero-order valence-corrected chi connectivity index (χ0v) is 10.0. The third-order valence-electron chi connectivity index (χ3n) is 1.94. The van der Waals surface area contributed by atoms with Crippen LogP contribution in [0.3, 0.4) is 0 Å². The Morgan fingerprint density at radius 2 is 2.00 bits per heavy atom. The van der Waals surface area contributed by atoms with Crippen LogP contribution in [-0.2, 0) is 11.3 Å². The quantitative estimate of drug-likeness (QED) is 0.792.